The van der Waals surface area contributed by atoms with E-state index in [1.807, 2.05) is 6.92 Å². The van der Waals surface area contributed by atoms with E-state index in [9.17, 15) is 4.79 Å². The molecular weight excluding hydrogens is 216 g/mol. The fourth-order valence-electron chi connectivity index (χ4n) is 1.19. The molecule has 5 heteroatoms. The first-order valence-electron chi connectivity index (χ1n) is 5.57. The molecule has 1 amide bonds. The highest BCUT2D eigenvalue weighted by atomic mass is 16.1. The molecule has 5 nitrogen and oxygen atoms in total. The molecule has 0 bridgehead atoms. The zero-order valence-electron chi connectivity index (χ0n) is 10.7. The van der Waals surface area contributed by atoms with E-state index in [0.29, 0.717) is 11.3 Å². The maximum Gasteiger partial charge on any atom is 0.255 e. The van der Waals surface area contributed by atoms with Crippen molar-refractivity contribution in [3.05, 3.63) is 24.0 Å². The molecule has 4 N–H and O–H groups in total. The number of amides is 1. The van der Waals surface area contributed by atoms with E-state index in [4.69, 9.17) is 5.84 Å². The molecule has 1 heterocycles. The van der Waals surface area contributed by atoms with Crippen LogP contribution in [-0.4, -0.2) is 16.9 Å². The highest BCUT2D eigenvalue weighted by Gasteiger charge is 2.23. The van der Waals surface area contributed by atoms with Crippen LogP contribution in [0.4, 0.5) is 5.69 Å². The number of hydrogen-bond donors (Lipinski definition) is 3. The zero-order chi connectivity index (χ0) is 13.1. The number of carbonyl (C=O) groups is 1. The van der Waals surface area contributed by atoms with Crippen LogP contribution in [0.15, 0.2) is 18.5 Å². The number of aromatic nitrogens is 1. The standard InChI is InChI=1S/C12H20N4O/c1-8(12(2,3)4)15-11(17)9-7-14-6-5-10(9)16-13/h5-8H,13H2,1-4H3,(H,14,16)(H,15,17). The average Bonchev–Trinajstić information content (AvgIpc) is 2.27. The molecule has 0 aliphatic rings. The second-order valence-corrected chi connectivity index (χ2v) is 5.13. The Labute approximate surface area is 102 Å². The summed E-state index contributed by atoms with van der Waals surface area (Å²) in [6.07, 6.45) is 3.08. The quantitative estimate of drug-likeness (QED) is 0.549. The summed E-state index contributed by atoms with van der Waals surface area (Å²) in [4.78, 5) is 16.0. The smallest absolute Gasteiger partial charge is 0.255 e. The fraction of sp³-hybridized carbons (Fsp3) is 0.500. The summed E-state index contributed by atoms with van der Waals surface area (Å²) < 4.78 is 0. The maximum atomic E-state index is 12.0. The molecule has 0 saturated carbocycles. The third-order valence-electron chi connectivity index (χ3n) is 2.87. The maximum absolute atomic E-state index is 12.0. The number of nitrogens with zero attached hydrogens (tertiary/aromatic N) is 1. The van der Waals surface area contributed by atoms with E-state index in [0.717, 1.165) is 0 Å². The largest absolute Gasteiger partial charge is 0.349 e. The molecule has 94 valence electrons. The Hall–Kier alpha value is -1.62. The molecule has 0 radical (unpaired) electrons. The summed E-state index contributed by atoms with van der Waals surface area (Å²) in [7, 11) is 0. The number of carbonyl (C=O) groups excluding carboxylic acids is 1. The predicted octanol–water partition coefficient (Wildman–Crippen LogP) is 1.53. The molecule has 0 fully saturated rings. The molecular formula is C12H20N4O. The topological polar surface area (TPSA) is 80.0 Å². The second-order valence-electron chi connectivity index (χ2n) is 5.13. The molecule has 1 unspecified atom stereocenters. The van der Waals surface area contributed by atoms with Crippen LogP contribution < -0.4 is 16.6 Å². The molecule has 0 aliphatic carbocycles. The summed E-state index contributed by atoms with van der Waals surface area (Å²) in [6, 6.07) is 1.72. The van der Waals surface area contributed by atoms with E-state index < -0.39 is 0 Å². The Bertz CT molecular complexity index is 398. The number of nitrogens with one attached hydrogen (secondary N) is 2. The third kappa shape index (κ3) is 3.42. The normalized spacial score (nSPS) is 13.0. The lowest BCUT2D eigenvalue weighted by Crippen LogP contribution is -2.41. The monoisotopic (exact) mass is 236 g/mol. The summed E-state index contributed by atoms with van der Waals surface area (Å²) in [6.45, 7) is 8.19. The molecule has 1 atom stereocenters. The molecule has 1 aromatic rings. The zero-order valence-corrected chi connectivity index (χ0v) is 10.7. The Morgan fingerprint density at radius 2 is 2.12 bits per heavy atom. The molecule has 0 aliphatic heterocycles. The summed E-state index contributed by atoms with van der Waals surface area (Å²) in [5.74, 6) is 5.17. The summed E-state index contributed by atoms with van der Waals surface area (Å²) >= 11 is 0. The highest BCUT2D eigenvalue weighted by Crippen LogP contribution is 2.20. The Kier molecular flexibility index (Phi) is 4.07. The molecule has 17 heavy (non-hydrogen) atoms. The van der Waals surface area contributed by atoms with Crippen LogP contribution in [0.2, 0.25) is 0 Å². The van der Waals surface area contributed by atoms with Crippen molar-refractivity contribution in [3.8, 4) is 0 Å². The van der Waals surface area contributed by atoms with Gasteiger partial charge >= 0.3 is 0 Å². The van der Waals surface area contributed by atoms with Crippen LogP contribution in [0.5, 0.6) is 0 Å². The minimum Gasteiger partial charge on any atom is -0.349 e. The first kappa shape index (κ1) is 13.4. The first-order chi connectivity index (χ1) is 7.86. The van der Waals surface area contributed by atoms with Gasteiger partial charge in [-0.1, -0.05) is 20.8 Å². The summed E-state index contributed by atoms with van der Waals surface area (Å²) in [5.41, 5.74) is 3.51. The Morgan fingerprint density at radius 1 is 1.47 bits per heavy atom. The van der Waals surface area contributed by atoms with Crippen LogP contribution in [0.1, 0.15) is 38.1 Å². The lowest BCUT2D eigenvalue weighted by atomic mass is 9.88. The van der Waals surface area contributed by atoms with Crippen molar-refractivity contribution in [2.75, 3.05) is 5.43 Å². The van der Waals surface area contributed by atoms with Crippen LogP contribution in [0.3, 0.4) is 0 Å². The second kappa shape index (κ2) is 5.14. The van der Waals surface area contributed by atoms with Gasteiger partial charge in [-0.15, -0.1) is 0 Å². The van der Waals surface area contributed by atoms with Crippen molar-refractivity contribution in [1.29, 1.82) is 0 Å². The number of rotatable bonds is 3. The van der Waals surface area contributed by atoms with Gasteiger partial charge in [0.15, 0.2) is 0 Å². The van der Waals surface area contributed by atoms with Crippen LogP contribution in [0, 0.1) is 5.41 Å². The number of pyridine rings is 1. The van der Waals surface area contributed by atoms with E-state index in [1.54, 1.807) is 12.3 Å². The molecule has 0 aromatic carbocycles. The van der Waals surface area contributed by atoms with Crippen LogP contribution in [-0.2, 0) is 0 Å². The molecule has 0 spiro atoms. The molecule has 1 rings (SSSR count). The third-order valence-corrected chi connectivity index (χ3v) is 2.87. The van der Waals surface area contributed by atoms with Gasteiger partial charge in [0.25, 0.3) is 5.91 Å². The number of hydrogen-bond acceptors (Lipinski definition) is 4. The van der Waals surface area contributed by atoms with Crippen molar-refractivity contribution in [3.63, 3.8) is 0 Å². The van der Waals surface area contributed by atoms with Crippen LogP contribution in [0.25, 0.3) is 0 Å². The van der Waals surface area contributed by atoms with Gasteiger partial charge in [-0.05, 0) is 18.4 Å². The van der Waals surface area contributed by atoms with Gasteiger partial charge in [0.1, 0.15) is 0 Å². The van der Waals surface area contributed by atoms with Gasteiger partial charge in [0, 0.05) is 18.4 Å². The minimum absolute atomic E-state index is 0.00811. The Morgan fingerprint density at radius 3 is 2.65 bits per heavy atom. The highest BCUT2D eigenvalue weighted by molar-refractivity contribution is 5.99. The van der Waals surface area contributed by atoms with Crippen molar-refractivity contribution < 1.29 is 4.79 Å². The molecule has 0 saturated heterocycles. The van der Waals surface area contributed by atoms with Gasteiger partial charge in [0.05, 0.1) is 11.3 Å². The van der Waals surface area contributed by atoms with Crippen LogP contribution >= 0.6 is 0 Å². The van der Waals surface area contributed by atoms with Gasteiger partial charge in [-0.25, -0.2) is 0 Å². The predicted molar refractivity (Wildman–Crippen MR) is 68.4 cm³/mol. The first-order valence-corrected chi connectivity index (χ1v) is 5.57. The molecule has 1 aromatic heterocycles. The van der Waals surface area contributed by atoms with Crippen molar-refractivity contribution in [2.45, 2.75) is 33.7 Å². The number of hydrazine groups is 1. The van der Waals surface area contributed by atoms with Gasteiger partial charge in [-0.3, -0.25) is 15.6 Å². The van der Waals surface area contributed by atoms with Gasteiger partial charge in [-0.2, -0.15) is 0 Å². The number of nitrogen functional groups attached to an aromatic ring is 1. The van der Waals surface area contributed by atoms with E-state index in [1.165, 1.54) is 6.20 Å². The van der Waals surface area contributed by atoms with Crippen molar-refractivity contribution in [2.24, 2.45) is 11.3 Å². The van der Waals surface area contributed by atoms with E-state index in [2.05, 4.69) is 36.5 Å². The number of anilines is 1. The van der Waals surface area contributed by atoms with Gasteiger partial charge in [0.2, 0.25) is 0 Å². The SMILES string of the molecule is CC(NC(=O)c1cnccc1NN)C(C)(C)C. The summed E-state index contributed by atoms with van der Waals surface area (Å²) in [5, 5.41) is 2.94. The van der Waals surface area contributed by atoms with E-state index >= 15 is 0 Å². The minimum atomic E-state index is -0.173. The van der Waals surface area contributed by atoms with E-state index in [-0.39, 0.29) is 17.4 Å². The Balaban J connectivity index is 2.84. The van der Waals surface area contributed by atoms with Gasteiger partial charge < -0.3 is 10.7 Å². The fourth-order valence-corrected chi connectivity index (χ4v) is 1.19. The lowest BCUT2D eigenvalue weighted by Gasteiger charge is -2.28. The van der Waals surface area contributed by atoms with Crippen molar-refractivity contribution >= 4 is 11.6 Å². The average molecular weight is 236 g/mol. The van der Waals surface area contributed by atoms with Crippen molar-refractivity contribution in [1.82, 2.24) is 10.3 Å². The number of nitrogens with two attached hydrogens (primary N) is 1. The lowest BCUT2D eigenvalue weighted by molar-refractivity contribution is 0.0910.